The first-order valence-corrected chi connectivity index (χ1v) is 7.98. The molecule has 0 aromatic heterocycles. The second kappa shape index (κ2) is 4.34. The Hall–Kier alpha value is -1.82. The van der Waals surface area contributed by atoms with Crippen LogP contribution in [0.5, 0.6) is 0 Å². The summed E-state index contributed by atoms with van der Waals surface area (Å²) in [5, 5.41) is 0. The Balaban J connectivity index is 1.84. The number of allylic oxidation sites excluding steroid dienone is 2. The van der Waals surface area contributed by atoms with Crippen molar-refractivity contribution in [3.05, 3.63) is 64.7 Å². The normalized spacial score (nSPS) is 18.3. The molecule has 0 spiro atoms. The van der Waals surface area contributed by atoms with E-state index in [-0.39, 0.29) is 0 Å². The van der Waals surface area contributed by atoms with Crippen LogP contribution in [-0.2, 0) is 6.42 Å². The first-order valence-electron chi connectivity index (χ1n) is 7.98. The Labute approximate surface area is 127 Å². The smallest absolute Gasteiger partial charge is 0.00106 e. The fraction of sp³-hybridized carbons (Fsp3) is 0.333. The maximum Gasteiger partial charge on any atom is -0.00106 e. The maximum atomic E-state index is 2.49. The molecule has 0 heterocycles. The van der Waals surface area contributed by atoms with Gasteiger partial charge in [-0.3, -0.25) is 0 Å². The van der Waals surface area contributed by atoms with Gasteiger partial charge in [0.05, 0.1) is 0 Å². The van der Waals surface area contributed by atoms with E-state index in [1.807, 2.05) is 0 Å². The van der Waals surface area contributed by atoms with Crippen molar-refractivity contribution in [3.63, 3.8) is 0 Å². The van der Waals surface area contributed by atoms with E-state index in [0.29, 0.717) is 5.41 Å². The zero-order chi connectivity index (χ0) is 14.6. The molecule has 0 unspecified atom stereocenters. The molecule has 0 bridgehead atoms. The summed E-state index contributed by atoms with van der Waals surface area (Å²) in [5.74, 6) is 0. The van der Waals surface area contributed by atoms with Gasteiger partial charge in [-0.25, -0.2) is 0 Å². The van der Waals surface area contributed by atoms with Crippen molar-refractivity contribution >= 4 is 5.57 Å². The van der Waals surface area contributed by atoms with Gasteiger partial charge in [0.1, 0.15) is 0 Å². The van der Waals surface area contributed by atoms with Gasteiger partial charge in [0.25, 0.3) is 0 Å². The van der Waals surface area contributed by atoms with Crippen LogP contribution in [0.25, 0.3) is 16.7 Å². The molecular formula is C21H22. The minimum absolute atomic E-state index is 0.365. The Morgan fingerprint density at radius 3 is 2.43 bits per heavy atom. The second-order valence-corrected chi connectivity index (χ2v) is 7.26. The van der Waals surface area contributed by atoms with Crippen molar-refractivity contribution < 1.29 is 0 Å². The number of rotatable bonds is 1. The molecule has 0 nitrogen and oxygen atoms in total. The topological polar surface area (TPSA) is 0 Å². The third kappa shape index (κ3) is 1.97. The van der Waals surface area contributed by atoms with Crippen LogP contribution in [0.15, 0.2) is 42.5 Å². The molecule has 0 N–H and O–H groups in total. The van der Waals surface area contributed by atoms with Gasteiger partial charge in [0.2, 0.25) is 0 Å². The van der Waals surface area contributed by atoms with E-state index in [1.54, 1.807) is 11.1 Å². The molecule has 0 heteroatoms. The lowest BCUT2D eigenvalue weighted by Gasteiger charge is -2.13. The molecule has 4 rings (SSSR count). The zero-order valence-electron chi connectivity index (χ0n) is 13.2. The lowest BCUT2D eigenvalue weighted by atomic mass is 9.92. The third-order valence-electron chi connectivity index (χ3n) is 5.22. The van der Waals surface area contributed by atoms with Gasteiger partial charge in [-0.05, 0) is 70.6 Å². The highest BCUT2D eigenvalue weighted by Crippen LogP contribution is 2.44. The molecular weight excluding hydrogens is 252 g/mol. The number of hydrogen-bond acceptors (Lipinski definition) is 0. The fourth-order valence-electron chi connectivity index (χ4n) is 4.00. The van der Waals surface area contributed by atoms with Crippen LogP contribution in [0.2, 0.25) is 0 Å². The fourth-order valence-corrected chi connectivity index (χ4v) is 4.00. The molecule has 0 radical (unpaired) electrons. The average Bonchev–Trinajstić information content (AvgIpc) is 3.00. The van der Waals surface area contributed by atoms with E-state index in [4.69, 9.17) is 0 Å². The summed E-state index contributed by atoms with van der Waals surface area (Å²) in [7, 11) is 0. The number of hydrogen-bond donors (Lipinski definition) is 0. The summed E-state index contributed by atoms with van der Waals surface area (Å²) in [6, 6.07) is 13.5. The molecule has 0 amide bonds. The lowest BCUT2D eigenvalue weighted by Crippen LogP contribution is -2.00. The van der Waals surface area contributed by atoms with Crippen LogP contribution >= 0.6 is 0 Å². The molecule has 0 fully saturated rings. The molecule has 21 heavy (non-hydrogen) atoms. The van der Waals surface area contributed by atoms with Gasteiger partial charge in [-0.1, -0.05) is 56.3 Å². The molecule has 0 saturated heterocycles. The van der Waals surface area contributed by atoms with Gasteiger partial charge < -0.3 is 0 Å². The highest BCUT2D eigenvalue weighted by molar-refractivity contribution is 5.82. The Bertz CT molecular complexity index is 760. The molecule has 0 saturated carbocycles. The van der Waals surface area contributed by atoms with Crippen LogP contribution < -0.4 is 0 Å². The van der Waals surface area contributed by atoms with E-state index >= 15 is 0 Å². The van der Waals surface area contributed by atoms with E-state index in [9.17, 15) is 0 Å². The molecule has 2 aromatic carbocycles. The van der Waals surface area contributed by atoms with Gasteiger partial charge >= 0.3 is 0 Å². The largest absolute Gasteiger partial charge is 0.0750 e. The first-order chi connectivity index (χ1) is 10.1. The van der Waals surface area contributed by atoms with E-state index in [0.717, 1.165) is 6.42 Å². The average molecular weight is 274 g/mol. The van der Waals surface area contributed by atoms with Crippen LogP contribution in [0.3, 0.4) is 0 Å². The quantitative estimate of drug-likeness (QED) is 0.528. The minimum Gasteiger partial charge on any atom is -0.0750 e. The SMILES string of the molecule is Cc1c(C2=CC(C)(C)CC2)ccc2c1Cc1ccccc1-2. The van der Waals surface area contributed by atoms with Gasteiger partial charge in [0, 0.05) is 0 Å². The highest BCUT2D eigenvalue weighted by atomic mass is 14.3. The molecule has 106 valence electrons. The Kier molecular flexibility index (Phi) is 2.66. The minimum atomic E-state index is 0.365. The molecule has 0 aliphatic heterocycles. The third-order valence-corrected chi connectivity index (χ3v) is 5.22. The van der Waals surface area contributed by atoms with Crippen molar-refractivity contribution in [3.8, 4) is 11.1 Å². The monoisotopic (exact) mass is 274 g/mol. The summed E-state index contributed by atoms with van der Waals surface area (Å²) in [6.07, 6.45) is 6.09. The van der Waals surface area contributed by atoms with Crippen LogP contribution in [0.4, 0.5) is 0 Å². The van der Waals surface area contributed by atoms with Crippen molar-refractivity contribution in [1.29, 1.82) is 0 Å². The van der Waals surface area contributed by atoms with Gasteiger partial charge in [-0.2, -0.15) is 0 Å². The summed E-state index contributed by atoms with van der Waals surface area (Å²) < 4.78 is 0. The standard InChI is InChI=1S/C21H22/c1-14-17(16-10-11-21(2,3)13-16)8-9-19-18-7-5-4-6-15(18)12-20(14)19/h4-9,13H,10-12H2,1-3H3. The van der Waals surface area contributed by atoms with Crippen molar-refractivity contribution in [2.24, 2.45) is 5.41 Å². The maximum absolute atomic E-state index is 2.49. The summed E-state index contributed by atoms with van der Waals surface area (Å²) >= 11 is 0. The van der Waals surface area contributed by atoms with Crippen molar-refractivity contribution in [2.45, 2.75) is 40.0 Å². The van der Waals surface area contributed by atoms with Gasteiger partial charge in [-0.15, -0.1) is 0 Å². The van der Waals surface area contributed by atoms with E-state index in [1.165, 1.54) is 40.7 Å². The summed E-state index contributed by atoms with van der Waals surface area (Å²) in [5.41, 5.74) is 10.8. The number of benzene rings is 2. The predicted octanol–water partition coefficient (Wildman–Crippen LogP) is 5.77. The van der Waals surface area contributed by atoms with Crippen molar-refractivity contribution in [2.75, 3.05) is 0 Å². The van der Waals surface area contributed by atoms with Crippen LogP contribution in [0.1, 0.15) is 48.9 Å². The molecule has 0 atom stereocenters. The molecule has 2 aliphatic carbocycles. The number of fused-ring (bicyclic) bond motifs is 3. The molecule has 2 aromatic rings. The summed E-state index contributed by atoms with van der Waals surface area (Å²) in [4.78, 5) is 0. The molecule has 2 aliphatic rings. The van der Waals surface area contributed by atoms with E-state index in [2.05, 4.69) is 63.2 Å². The van der Waals surface area contributed by atoms with Crippen LogP contribution in [0, 0.1) is 12.3 Å². The first kappa shape index (κ1) is 12.9. The summed E-state index contributed by atoms with van der Waals surface area (Å²) in [6.45, 7) is 7.00. The van der Waals surface area contributed by atoms with E-state index < -0.39 is 0 Å². The lowest BCUT2D eigenvalue weighted by molar-refractivity contribution is 0.471. The Morgan fingerprint density at radius 2 is 1.67 bits per heavy atom. The van der Waals surface area contributed by atoms with Crippen molar-refractivity contribution in [1.82, 2.24) is 0 Å². The highest BCUT2D eigenvalue weighted by Gasteiger charge is 2.26. The second-order valence-electron chi connectivity index (χ2n) is 7.26. The predicted molar refractivity (Wildman–Crippen MR) is 90.4 cm³/mol. The zero-order valence-corrected chi connectivity index (χ0v) is 13.2. The Morgan fingerprint density at radius 1 is 0.905 bits per heavy atom. The van der Waals surface area contributed by atoms with Gasteiger partial charge in [0.15, 0.2) is 0 Å². The van der Waals surface area contributed by atoms with Crippen LogP contribution in [-0.4, -0.2) is 0 Å².